The number of aromatic carboxylic acids is 1. The number of hydrogen-bond donors (Lipinski definition) is 1. The van der Waals surface area contributed by atoms with E-state index in [1.54, 1.807) is 13.0 Å². The zero-order valence-corrected chi connectivity index (χ0v) is 11.6. The van der Waals surface area contributed by atoms with E-state index in [4.69, 9.17) is 5.11 Å². The van der Waals surface area contributed by atoms with Gasteiger partial charge in [0, 0.05) is 5.69 Å². The van der Waals surface area contributed by atoms with Gasteiger partial charge in [-0.3, -0.25) is 0 Å². The second-order valence-electron chi connectivity index (χ2n) is 4.30. The quantitative estimate of drug-likeness (QED) is 0.935. The van der Waals surface area contributed by atoms with Crippen LogP contribution in [0.1, 0.15) is 21.6 Å². The van der Waals surface area contributed by atoms with Crippen LogP contribution in [0.4, 0.5) is 8.78 Å². The number of carboxylic acid groups (broad SMARTS) is 1. The first-order chi connectivity index (χ1) is 9.36. The SMILES string of the molecule is Cc1cc(C)nc(Sc2c(F)cc(C(=O)O)cc2F)c1. The molecule has 0 amide bonds. The van der Waals surface area contributed by atoms with E-state index in [1.807, 2.05) is 13.0 Å². The molecule has 1 aromatic heterocycles. The monoisotopic (exact) mass is 295 g/mol. The Kier molecular flexibility index (Phi) is 4.04. The lowest BCUT2D eigenvalue weighted by Crippen LogP contribution is -2.00. The molecule has 0 fully saturated rings. The Labute approximate surface area is 118 Å². The van der Waals surface area contributed by atoms with Crippen molar-refractivity contribution in [2.45, 2.75) is 23.8 Å². The predicted octanol–water partition coefficient (Wildman–Crippen LogP) is 3.83. The van der Waals surface area contributed by atoms with Gasteiger partial charge in [0.1, 0.15) is 16.7 Å². The van der Waals surface area contributed by atoms with Crippen molar-refractivity contribution < 1.29 is 18.7 Å². The first-order valence-electron chi connectivity index (χ1n) is 5.72. The van der Waals surface area contributed by atoms with Crippen molar-refractivity contribution in [2.75, 3.05) is 0 Å². The van der Waals surface area contributed by atoms with Gasteiger partial charge < -0.3 is 5.11 Å². The number of benzene rings is 1. The van der Waals surface area contributed by atoms with Gasteiger partial charge in [-0.15, -0.1) is 0 Å². The molecule has 6 heteroatoms. The topological polar surface area (TPSA) is 50.2 Å². The molecule has 1 aromatic carbocycles. The molecule has 3 nitrogen and oxygen atoms in total. The highest BCUT2D eigenvalue weighted by Gasteiger charge is 2.16. The Bertz CT molecular complexity index is 646. The van der Waals surface area contributed by atoms with Gasteiger partial charge in [-0.2, -0.15) is 0 Å². The number of carbonyl (C=O) groups is 1. The van der Waals surface area contributed by atoms with Crippen molar-refractivity contribution in [1.82, 2.24) is 4.98 Å². The zero-order valence-electron chi connectivity index (χ0n) is 10.8. The summed E-state index contributed by atoms with van der Waals surface area (Å²) in [7, 11) is 0. The summed E-state index contributed by atoms with van der Waals surface area (Å²) in [6.07, 6.45) is 0. The predicted molar refractivity (Wildman–Crippen MR) is 71.2 cm³/mol. The third-order valence-corrected chi connectivity index (χ3v) is 3.54. The van der Waals surface area contributed by atoms with Crippen LogP contribution in [0.5, 0.6) is 0 Å². The Morgan fingerprint density at radius 1 is 1.15 bits per heavy atom. The highest BCUT2D eigenvalue weighted by Crippen LogP contribution is 2.32. The summed E-state index contributed by atoms with van der Waals surface area (Å²) in [4.78, 5) is 14.6. The first kappa shape index (κ1) is 14.5. The molecule has 0 aliphatic heterocycles. The summed E-state index contributed by atoms with van der Waals surface area (Å²) in [5.74, 6) is -3.19. The number of rotatable bonds is 3. The molecule has 2 rings (SSSR count). The second-order valence-corrected chi connectivity index (χ2v) is 5.33. The van der Waals surface area contributed by atoms with Crippen LogP contribution in [-0.2, 0) is 0 Å². The largest absolute Gasteiger partial charge is 0.478 e. The molecule has 0 unspecified atom stereocenters. The number of aromatic nitrogens is 1. The molecule has 0 aliphatic carbocycles. The van der Waals surface area contributed by atoms with Gasteiger partial charge in [-0.1, -0.05) is 11.8 Å². The van der Waals surface area contributed by atoms with Crippen LogP contribution >= 0.6 is 11.8 Å². The molecular weight excluding hydrogens is 284 g/mol. The zero-order chi connectivity index (χ0) is 14.9. The van der Waals surface area contributed by atoms with Gasteiger partial charge in [0.15, 0.2) is 0 Å². The van der Waals surface area contributed by atoms with E-state index in [9.17, 15) is 13.6 Å². The summed E-state index contributed by atoms with van der Waals surface area (Å²) < 4.78 is 27.6. The highest BCUT2D eigenvalue weighted by atomic mass is 32.2. The Morgan fingerprint density at radius 2 is 1.75 bits per heavy atom. The maximum absolute atomic E-state index is 13.8. The normalized spacial score (nSPS) is 10.6. The number of halogens is 2. The van der Waals surface area contributed by atoms with E-state index in [-0.39, 0.29) is 4.90 Å². The molecule has 2 aromatic rings. The van der Waals surface area contributed by atoms with E-state index >= 15 is 0 Å². The smallest absolute Gasteiger partial charge is 0.335 e. The van der Waals surface area contributed by atoms with Gasteiger partial charge in [0.2, 0.25) is 0 Å². The standard InChI is InChI=1S/C14H11F2NO2S/c1-7-3-8(2)17-12(4-7)20-13-10(15)5-9(14(18)19)6-11(13)16/h3-6H,1-2H3,(H,18,19). The summed E-state index contributed by atoms with van der Waals surface area (Å²) in [6, 6.07) is 5.17. The minimum Gasteiger partial charge on any atom is -0.478 e. The van der Waals surface area contributed by atoms with Crippen LogP contribution in [0.2, 0.25) is 0 Å². The minimum absolute atomic E-state index is 0.257. The number of aryl methyl sites for hydroxylation is 2. The summed E-state index contributed by atoms with van der Waals surface area (Å²) >= 11 is 0.836. The summed E-state index contributed by atoms with van der Waals surface area (Å²) in [5, 5.41) is 9.20. The minimum atomic E-state index is -1.37. The van der Waals surface area contributed by atoms with Crippen molar-refractivity contribution in [3.8, 4) is 0 Å². The Balaban J connectivity index is 2.41. The molecule has 0 saturated heterocycles. The van der Waals surface area contributed by atoms with Gasteiger partial charge in [-0.05, 0) is 43.7 Å². The molecular formula is C14H11F2NO2S. The molecule has 1 heterocycles. The van der Waals surface area contributed by atoms with E-state index in [1.165, 1.54) is 0 Å². The average molecular weight is 295 g/mol. The highest BCUT2D eigenvalue weighted by molar-refractivity contribution is 7.99. The maximum atomic E-state index is 13.8. The van der Waals surface area contributed by atoms with E-state index in [0.717, 1.165) is 35.2 Å². The molecule has 0 radical (unpaired) electrons. The fourth-order valence-electron chi connectivity index (χ4n) is 1.74. The van der Waals surface area contributed by atoms with Crippen LogP contribution in [-0.4, -0.2) is 16.1 Å². The fourth-order valence-corrected chi connectivity index (χ4v) is 2.70. The molecule has 0 spiro atoms. The van der Waals surface area contributed by atoms with Gasteiger partial charge in [0.25, 0.3) is 0 Å². The summed E-state index contributed by atoms with van der Waals surface area (Å²) in [6.45, 7) is 3.65. The number of nitrogens with zero attached hydrogens (tertiary/aromatic N) is 1. The molecule has 0 atom stereocenters. The van der Waals surface area contributed by atoms with Crippen LogP contribution in [0.3, 0.4) is 0 Å². The van der Waals surface area contributed by atoms with Crippen molar-refractivity contribution in [3.05, 3.63) is 52.7 Å². The third-order valence-electron chi connectivity index (χ3n) is 2.53. The maximum Gasteiger partial charge on any atom is 0.335 e. The van der Waals surface area contributed by atoms with Crippen LogP contribution < -0.4 is 0 Å². The second kappa shape index (κ2) is 5.58. The molecule has 20 heavy (non-hydrogen) atoms. The summed E-state index contributed by atoms with van der Waals surface area (Å²) in [5.41, 5.74) is 1.26. The molecule has 0 aliphatic rings. The fraction of sp³-hybridized carbons (Fsp3) is 0.143. The van der Waals surface area contributed by atoms with E-state index in [2.05, 4.69) is 4.98 Å². The first-order valence-corrected chi connectivity index (χ1v) is 6.54. The van der Waals surface area contributed by atoms with Gasteiger partial charge in [0.05, 0.1) is 10.5 Å². The third kappa shape index (κ3) is 3.14. The van der Waals surface area contributed by atoms with Crippen LogP contribution in [0.15, 0.2) is 34.2 Å². The van der Waals surface area contributed by atoms with Crippen LogP contribution in [0.25, 0.3) is 0 Å². The Hall–Kier alpha value is -1.95. The Morgan fingerprint density at radius 3 is 2.25 bits per heavy atom. The molecule has 0 bridgehead atoms. The lowest BCUT2D eigenvalue weighted by Gasteiger charge is -2.07. The van der Waals surface area contributed by atoms with Crippen molar-refractivity contribution >= 4 is 17.7 Å². The van der Waals surface area contributed by atoms with E-state index in [0.29, 0.717) is 5.03 Å². The van der Waals surface area contributed by atoms with Crippen molar-refractivity contribution in [2.24, 2.45) is 0 Å². The van der Waals surface area contributed by atoms with E-state index < -0.39 is 23.2 Å². The van der Waals surface area contributed by atoms with Crippen molar-refractivity contribution in [1.29, 1.82) is 0 Å². The van der Waals surface area contributed by atoms with Crippen molar-refractivity contribution in [3.63, 3.8) is 0 Å². The number of hydrogen-bond acceptors (Lipinski definition) is 3. The molecule has 104 valence electrons. The molecule has 1 N–H and O–H groups in total. The lowest BCUT2D eigenvalue weighted by molar-refractivity contribution is 0.0695. The van der Waals surface area contributed by atoms with Gasteiger partial charge in [-0.25, -0.2) is 18.6 Å². The molecule has 0 saturated carbocycles. The lowest BCUT2D eigenvalue weighted by atomic mass is 10.2. The average Bonchev–Trinajstić information content (AvgIpc) is 2.32. The van der Waals surface area contributed by atoms with Gasteiger partial charge >= 0.3 is 5.97 Å². The number of pyridine rings is 1. The van der Waals surface area contributed by atoms with Crippen LogP contribution in [0, 0.1) is 25.5 Å². The number of carboxylic acids is 1.